The summed E-state index contributed by atoms with van der Waals surface area (Å²) < 4.78 is 4.94. The number of thiazole rings is 1. The van der Waals surface area contributed by atoms with Crippen LogP contribution in [0.15, 0.2) is 29.6 Å². The van der Waals surface area contributed by atoms with Gasteiger partial charge in [0.05, 0.1) is 29.7 Å². The molecule has 142 valence electrons. The van der Waals surface area contributed by atoms with Crippen molar-refractivity contribution in [2.75, 3.05) is 23.4 Å². The van der Waals surface area contributed by atoms with Crippen molar-refractivity contribution in [2.45, 2.75) is 19.2 Å². The molecule has 7 nitrogen and oxygen atoms in total. The molecule has 1 aromatic heterocycles. The third-order valence-corrected chi connectivity index (χ3v) is 5.19. The number of ether oxygens (including phenoxy) is 1. The Hall–Kier alpha value is -2.45. The Morgan fingerprint density at radius 3 is 2.74 bits per heavy atom. The second-order valence-corrected chi connectivity index (χ2v) is 7.06. The number of halogens is 1. The summed E-state index contributed by atoms with van der Waals surface area (Å²) in [6.07, 6.45) is 0.124. The molecule has 1 aliphatic heterocycles. The SMILES string of the molecule is CCOC(=O)c1ccc(N2CC(C(=O)Nc3nc(CCl)cs3)CC2=O)cc1. The highest BCUT2D eigenvalue weighted by molar-refractivity contribution is 7.14. The lowest BCUT2D eigenvalue weighted by Gasteiger charge is -2.17. The van der Waals surface area contributed by atoms with Crippen molar-refractivity contribution >= 4 is 51.5 Å². The van der Waals surface area contributed by atoms with E-state index >= 15 is 0 Å². The van der Waals surface area contributed by atoms with E-state index in [4.69, 9.17) is 16.3 Å². The van der Waals surface area contributed by atoms with Crippen molar-refractivity contribution in [1.82, 2.24) is 4.98 Å². The number of benzene rings is 1. The van der Waals surface area contributed by atoms with Crippen molar-refractivity contribution in [3.8, 4) is 0 Å². The predicted molar refractivity (Wildman–Crippen MR) is 103 cm³/mol. The van der Waals surface area contributed by atoms with E-state index in [2.05, 4.69) is 10.3 Å². The molecule has 9 heteroatoms. The van der Waals surface area contributed by atoms with Crippen LogP contribution < -0.4 is 10.2 Å². The Bertz CT molecular complexity index is 853. The molecule has 1 unspecified atom stereocenters. The summed E-state index contributed by atoms with van der Waals surface area (Å²) in [7, 11) is 0. The molecule has 0 bridgehead atoms. The molecule has 2 aromatic rings. The molecule has 0 spiro atoms. The van der Waals surface area contributed by atoms with E-state index in [1.165, 1.54) is 11.3 Å². The van der Waals surface area contributed by atoms with E-state index in [9.17, 15) is 14.4 Å². The van der Waals surface area contributed by atoms with Gasteiger partial charge in [-0.2, -0.15) is 0 Å². The lowest BCUT2D eigenvalue weighted by Crippen LogP contribution is -2.28. The number of carbonyl (C=O) groups excluding carboxylic acids is 3. The second kappa shape index (κ2) is 8.49. The Morgan fingerprint density at radius 2 is 2.11 bits per heavy atom. The van der Waals surface area contributed by atoms with Gasteiger partial charge in [0, 0.05) is 24.0 Å². The van der Waals surface area contributed by atoms with E-state index in [-0.39, 0.29) is 30.7 Å². The first-order valence-corrected chi connectivity index (χ1v) is 9.82. The number of amides is 2. The van der Waals surface area contributed by atoms with E-state index in [1.807, 2.05) is 0 Å². The zero-order valence-corrected chi connectivity index (χ0v) is 16.2. The first-order valence-electron chi connectivity index (χ1n) is 8.40. The summed E-state index contributed by atoms with van der Waals surface area (Å²) in [6.45, 7) is 2.31. The van der Waals surface area contributed by atoms with E-state index in [0.717, 1.165) is 0 Å². The van der Waals surface area contributed by atoms with Crippen LogP contribution in [0.3, 0.4) is 0 Å². The van der Waals surface area contributed by atoms with E-state index in [1.54, 1.807) is 41.5 Å². The molecule has 1 atom stereocenters. The van der Waals surface area contributed by atoms with Gasteiger partial charge in [-0.3, -0.25) is 9.59 Å². The second-order valence-electron chi connectivity index (χ2n) is 5.94. The molecule has 2 heterocycles. The van der Waals surface area contributed by atoms with Gasteiger partial charge in [0.25, 0.3) is 0 Å². The Labute approximate surface area is 165 Å². The quantitative estimate of drug-likeness (QED) is 0.587. The minimum Gasteiger partial charge on any atom is -0.462 e. The molecule has 0 radical (unpaired) electrons. The zero-order valence-electron chi connectivity index (χ0n) is 14.6. The number of esters is 1. The van der Waals surface area contributed by atoms with Crippen LogP contribution in [0.2, 0.25) is 0 Å². The third kappa shape index (κ3) is 4.45. The van der Waals surface area contributed by atoms with Gasteiger partial charge < -0.3 is 15.0 Å². The summed E-state index contributed by atoms with van der Waals surface area (Å²) in [5.41, 5.74) is 1.75. The van der Waals surface area contributed by atoms with Crippen LogP contribution in [0.5, 0.6) is 0 Å². The molecule has 1 saturated heterocycles. The van der Waals surface area contributed by atoms with Crippen LogP contribution >= 0.6 is 22.9 Å². The highest BCUT2D eigenvalue weighted by Gasteiger charge is 2.35. The van der Waals surface area contributed by atoms with Crippen LogP contribution in [0.4, 0.5) is 10.8 Å². The van der Waals surface area contributed by atoms with Gasteiger partial charge >= 0.3 is 5.97 Å². The normalized spacial score (nSPS) is 16.4. The Balaban J connectivity index is 1.64. The molecule has 1 aromatic carbocycles. The summed E-state index contributed by atoms with van der Waals surface area (Å²) in [5.74, 6) is -0.979. The molecule has 27 heavy (non-hydrogen) atoms. The van der Waals surface area contributed by atoms with Crippen LogP contribution in [0.25, 0.3) is 0 Å². The van der Waals surface area contributed by atoms with E-state index < -0.39 is 11.9 Å². The number of anilines is 2. The lowest BCUT2D eigenvalue weighted by atomic mass is 10.1. The van der Waals surface area contributed by atoms with Gasteiger partial charge in [0.2, 0.25) is 11.8 Å². The fourth-order valence-corrected chi connectivity index (χ4v) is 3.70. The highest BCUT2D eigenvalue weighted by Crippen LogP contribution is 2.27. The Kier molecular flexibility index (Phi) is 6.08. The average Bonchev–Trinajstić information content (AvgIpc) is 3.28. The van der Waals surface area contributed by atoms with Gasteiger partial charge in [-0.25, -0.2) is 9.78 Å². The maximum Gasteiger partial charge on any atom is 0.338 e. The lowest BCUT2D eigenvalue weighted by molar-refractivity contribution is -0.122. The number of hydrogen-bond donors (Lipinski definition) is 1. The fraction of sp³-hybridized carbons (Fsp3) is 0.333. The summed E-state index contributed by atoms with van der Waals surface area (Å²) >= 11 is 7.01. The van der Waals surface area contributed by atoms with Crippen LogP contribution in [0.1, 0.15) is 29.4 Å². The number of aromatic nitrogens is 1. The molecule has 1 N–H and O–H groups in total. The van der Waals surface area contributed by atoms with Gasteiger partial charge in [-0.15, -0.1) is 22.9 Å². The van der Waals surface area contributed by atoms with Crippen molar-refractivity contribution in [3.63, 3.8) is 0 Å². The van der Waals surface area contributed by atoms with Gasteiger partial charge in [0.15, 0.2) is 5.13 Å². The van der Waals surface area contributed by atoms with Gasteiger partial charge in [0.1, 0.15) is 0 Å². The van der Waals surface area contributed by atoms with Crippen molar-refractivity contribution in [1.29, 1.82) is 0 Å². The monoisotopic (exact) mass is 407 g/mol. The molecular weight excluding hydrogens is 390 g/mol. The van der Waals surface area contributed by atoms with Crippen LogP contribution in [0, 0.1) is 5.92 Å². The number of alkyl halides is 1. The highest BCUT2D eigenvalue weighted by atomic mass is 35.5. The minimum absolute atomic E-state index is 0.124. The van der Waals surface area contributed by atoms with Crippen LogP contribution in [-0.4, -0.2) is 35.9 Å². The summed E-state index contributed by atoms with van der Waals surface area (Å²) in [6, 6.07) is 6.57. The average molecular weight is 408 g/mol. The predicted octanol–water partition coefficient (Wildman–Crippen LogP) is 3.05. The van der Waals surface area contributed by atoms with Gasteiger partial charge in [-0.1, -0.05) is 0 Å². The third-order valence-electron chi connectivity index (χ3n) is 4.10. The first-order chi connectivity index (χ1) is 13.0. The molecule has 3 rings (SSSR count). The molecular formula is C18H18ClN3O4S. The maximum atomic E-state index is 12.4. The van der Waals surface area contributed by atoms with Gasteiger partial charge in [-0.05, 0) is 31.2 Å². The molecule has 1 aliphatic rings. The molecule has 1 fully saturated rings. The smallest absolute Gasteiger partial charge is 0.338 e. The fourth-order valence-electron chi connectivity index (χ4n) is 2.76. The molecule has 0 saturated carbocycles. The first kappa shape index (κ1) is 19.3. The number of hydrogen-bond acceptors (Lipinski definition) is 6. The summed E-state index contributed by atoms with van der Waals surface area (Å²) in [5, 5.41) is 4.99. The molecule has 0 aliphatic carbocycles. The van der Waals surface area contributed by atoms with Crippen molar-refractivity contribution in [3.05, 3.63) is 40.9 Å². The van der Waals surface area contributed by atoms with Crippen molar-refractivity contribution in [2.24, 2.45) is 5.92 Å². The number of rotatable bonds is 6. The number of carbonyl (C=O) groups is 3. The number of nitrogens with one attached hydrogen (secondary N) is 1. The zero-order chi connectivity index (χ0) is 19.4. The van der Waals surface area contributed by atoms with Crippen LogP contribution in [-0.2, 0) is 20.2 Å². The maximum absolute atomic E-state index is 12.4. The molecule has 2 amide bonds. The van der Waals surface area contributed by atoms with Crippen molar-refractivity contribution < 1.29 is 19.1 Å². The standard InChI is InChI=1S/C18H18ClN3O4S/c1-2-26-17(25)11-3-5-14(6-4-11)22-9-12(7-15(22)23)16(24)21-18-20-13(8-19)10-27-18/h3-6,10,12H,2,7-9H2,1H3,(H,20,21,24). The van der Waals surface area contributed by atoms with E-state index in [0.29, 0.717) is 28.7 Å². The summed E-state index contributed by atoms with van der Waals surface area (Å²) in [4.78, 5) is 42.2. The Morgan fingerprint density at radius 1 is 1.37 bits per heavy atom. The topological polar surface area (TPSA) is 88.6 Å². The minimum atomic E-state index is -0.467. The largest absolute Gasteiger partial charge is 0.462 e. The number of nitrogens with zero attached hydrogens (tertiary/aromatic N) is 2.